The van der Waals surface area contributed by atoms with E-state index in [-0.39, 0.29) is 17.2 Å². The lowest BCUT2D eigenvalue weighted by molar-refractivity contribution is 0.273. The molecule has 0 bridgehead atoms. The average Bonchev–Trinajstić information content (AvgIpc) is 2.71. The van der Waals surface area contributed by atoms with E-state index in [4.69, 9.17) is 0 Å². The van der Waals surface area contributed by atoms with Gasteiger partial charge in [0.2, 0.25) is 10.0 Å². The number of aromatic amines is 1. The molecule has 1 unspecified atom stereocenters. The Morgan fingerprint density at radius 3 is 2.94 bits per heavy atom. The number of nitrogens with one attached hydrogen (secondary N) is 1. The van der Waals surface area contributed by atoms with Crippen LogP contribution in [0.2, 0.25) is 0 Å². The highest BCUT2D eigenvalue weighted by Crippen LogP contribution is 2.27. The molecular weight excluding hydrogens is 274 g/mol. The topological polar surface area (TPSA) is 86.3 Å². The van der Waals surface area contributed by atoms with Gasteiger partial charge in [0.25, 0.3) is 0 Å². The maximum absolute atomic E-state index is 12.5. The van der Waals surface area contributed by atoms with Gasteiger partial charge in [-0.2, -0.15) is 21.2 Å². The quantitative estimate of drug-likeness (QED) is 0.838. The first-order valence-corrected chi connectivity index (χ1v) is 8.22. The number of H-pyrrole nitrogens is 1. The predicted molar refractivity (Wildman–Crippen MR) is 69.9 cm³/mol. The number of rotatable bonds is 3. The lowest BCUT2D eigenvalue weighted by atomic mass is 10.4. The van der Waals surface area contributed by atoms with Crippen LogP contribution in [0.4, 0.5) is 0 Å². The van der Waals surface area contributed by atoms with Gasteiger partial charge in [0.05, 0.1) is 12.3 Å². The summed E-state index contributed by atoms with van der Waals surface area (Å²) in [5.74, 6) is 0.797. The maximum Gasteiger partial charge on any atom is 0.246 e. The number of nitrogens with zero attached hydrogens (tertiary/aromatic N) is 2. The van der Waals surface area contributed by atoms with Gasteiger partial charge < -0.3 is 5.11 Å². The number of thioether (sulfide) groups is 1. The molecule has 2 N–H and O–H groups in total. The van der Waals surface area contributed by atoms with Crippen LogP contribution in [0.25, 0.3) is 0 Å². The Kier molecular flexibility index (Phi) is 4.00. The van der Waals surface area contributed by atoms with E-state index in [9.17, 15) is 13.5 Å². The van der Waals surface area contributed by atoms with E-state index in [0.29, 0.717) is 24.0 Å². The standard InChI is InChI=1S/C10H17N3O3S2/c1-7-5-13(3-4-17-7)18(15,16)10-8(2)11-12-9(10)6-14/h7,14H,3-6H2,1-2H3,(H,11,12). The summed E-state index contributed by atoms with van der Waals surface area (Å²) in [5.41, 5.74) is 0.670. The molecule has 2 heterocycles. The SMILES string of the molecule is Cc1[nH]nc(CO)c1S(=O)(=O)N1CCSC(C)C1. The number of aliphatic hydroxyl groups excluding tert-OH is 1. The Hall–Kier alpha value is -0.570. The van der Waals surface area contributed by atoms with Crippen molar-refractivity contribution in [1.29, 1.82) is 0 Å². The van der Waals surface area contributed by atoms with Crippen molar-refractivity contribution in [3.63, 3.8) is 0 Å². The van der Waals surface area contributed by atoms with E-state index < -0.39 is 10.0 Å². The number of hydrogen-bond acceptors (Lipinski definition) is 5. The van der Waals surface area contributed by atoms with Crippen LogP contribution in [0.1, 0.15) is 18.3 Å². The second-order valence-corrected chi connectivity index (χ2v) is 7.75. The molecule has 1 aromatic heterocycles. The molecular formula is C10H17N3O3S2. The molecule has 6 nitrogen and oxygen atoms in total. The third-order valence-electron chi connectivity index (χ3n) is 2.91. The molecule has 0 aliphatic carbocycles. The molecule has 0 aromatic carbocycles. The van der Waals surface area contributed by atoms with Crippen LogP contribution in [0.5, 0.6) is 0 Å². The second-order valence-electron chi connectivity index (χ2n) is 4.33. The first-order chi connectivity index (χ1) is 8.46. The molecule has 1 atom stereocenters. The minimum Gasteiger partial charge on any atom is -0.390 e. The van der Waals surface area contributed by atoms with Gasteiger partial charge in [-0.25, -0.2) is 8.42 Å². The highest BCUT2D eigenvalue weighted by molar-refractivity contribution is 8.00. The average molecular weight is 291 g/mol. The highest BCUT2D eigenvalue weighted by atomic mass is 32.2. The van der Waals surface area contributed by atoms with Crippen molar-refractivity contribution in [2.24, 2.45) is 0 Å². The molecule has 18 heavy (non-hydrogen) atoms. The van der Waals surface area contributed by atoms with E-state index in [0.717, 1.165) is 5.75 Å². The highest BCUT2D eigenvalue weighted by Gasteiger charge is 2.33. The van der Waals surface area contributed by atoms with Gasteiger partial charge in [0, 0.05) is 24.1 Å². The summed E-state index contributed by atoms with van der Waals surface area (Å²) in [6, 6.07) is 0. The van der Waals surface area contributed by atoms with Gasteiger partial charge in [0.15, 0.2) is 0 Å². The van der Waals surface area contributed by atoms with Crippen LogP contribution < -0.4 is 0 Å². The Labute approximate surface area is 111 Å². The van der Waals surface area contributed by atoms with Crippen LogP contribution in [-0.2, 0) is 16.6 Å². The zero-order valence-corrected chi connectivity index (χ0v) is 12.0. The Balaban J connectivity index is 2.38. The molecule has 1 aliphatic rings. The van der Waals surface area contributed by atoms with Gasteiger partial charge in [0.1, 0.15) is 10.6 Å². The fourth-order valence-corrected chi connectivity index (χ4v) is 5.13. The van der Waals surface area contributed by atoms with Crippen molar-refractivity contribution in [2.75, 3.05) is 18.8 Å². The van der Waals surface area contributed by atoms with Crippen molar-refractivity contribution >= 4 is 21.8 Å². The molecule has 8 heteroatoms. The lowest BCUT2D eigenvalue weighted by Crippen LogP contribution is -2.41. The molecule has 1 aromatic rings. The Bertz CT molecular complexity index is 526. The third kappa shape index (κ3) is 2.42. The lowest BCUT2D eigenvalue weighted by Gasteiger charge is -2.29. The van der Waals surface area contributed by atoms with Crippen LogP contribution in [0, 0.1) is 6.92 Å². The Morgan fingerprint density at radius 1 is 1.61 bits per heavy atom. The van der Waals surface area contributed by atoms with Crippen molar-refractivity contribution in [2.45, 2.75) is 30.6 Å². The molecule has 2 rings (SSSR count). The largest absolute Gasteiger partial charge is 0.390 e. The molecule has 1 fully saturated rings. The summed E-state index contributed by atoms with van der Waals surface area (Å²) in [7, 11) is -3.56. The fraction of sp³-hybridized carbons (Fsp3) is 0.700. The Morgan fingerprint density at radius 2 is 2.33 bits per heavy atom. The maximum atomic E-state index is 12.5. The summed E-state index contributed by atoms with van der Waals surface area (Å²) < 4.78 is 26.6. The first kappa shape index (κ1) is 13.9. The molecule has 0 spiro atoms. The summed E-state index contributed by atoms with van der Waals surface area (Å²) in [6.45, 7) is 4.30. The van der Waals surface area contributed by atoms with Gasteiger partial charge in [-0.15, -0.1) is 0 Å². The van der Waals surface area contributed by atoms with Crippen LogP contribution in [-0.4, -0.2) is 52.1 Å². The second kappa shape index (κ2) is 5.20. The smallest absolute Gasteiger partial charge is 0.246 e. The zero-order chi connectivity index (χ0) is 13.3. The minimum absolute atomic E-state index is 0.129. The van der Waals surface area contributed by atoms with Crippen LogP contribution in [0.15, 0.2) is 4.90 Å². The molecule has 1 aliphatic heterocycles. The summed E-state index contributed by atoms with van der Waals surface area (Å²) in [4.78, 5) is 0.129. The van der Waals surface area contributed by atoms with Crippen LogP contribution in [0.3, 0.4) is 0 Å². The fourth-order valence-electron chi connectivity index (χ4n) is 2.05. The van der Waals surface area contributed by atoms with Crippen molar-refractivity contribution in [3.8, 4) is 0 Å². The van der Waals surface area contributed by atoms with E-state index in [1.54, 1.807) is 18.7 Å². The molecule has 102 valence electrons. The molecule has 0 amide bonds. The third-order valence-corrected chi connectivity index (χ3v) is 6.12. The number of aromatic nitrogens is 2. The summed E-state index contributed by atoms with van der Waals surface area (Å²) in [6.07, 6.45) is 0. The zero-order valence-electron chi connectivity index (χ0n) is 10.4. The first-order valence-electron chi connectivity index (χ1n) is 5.73. The van der Waals surface area contributed by atoms with Gasteiger partial charge in [-0.3, -0.25) is 5.10 Å². The van der Waals surface area contributed by atoms with Crippen molar-refractivity contribution in [3.05, 3.63) is 11.4 Å². The molecule has 1 saturated heterocycles. The molecule has 0 saturated carbocycles. The summed E-state index contributed by atoms with van der Waals surface area (Å²) in [5, 5.41) is 15.9. The van der Waals surface area contributed by atoms with E-state index in [1.807, 2.05) is 6.92 Å². The van der Waals surface area contributed by atoms with Crippen molar-refractivity contribution in [1.82, 2.24) is 14.5 Å². The number of aryl methyl sites for hydroxylation is 1. The minimum atomic E-state index is -3.56. The predicted octanol–water partition coefficient (Wildman–Crippen LogP) is 0.336. The number of sulfonamides is 1. The van der Waals surface area contributed by atoms with Gasteiger partial charge >= 0.3 is 0 Å². The molecule has 0 radical (unpaired) electrons. The number of hydrogen-bond donors (Lipinski definition) is 2. The van der Waals surface area contributed by atoms with Gasteiger partial charge in [-0.05, 0) is 6.92 Å². The van der Waals surface area contributed by atoms with E-state index in [1.165, 1.54) is 4.31 Å². The van der Waals surface area contributed by atoms with E-state index in [2.05, 4.69) is 10.2 Å². The summed E-state index contributed by atoms with van der Waals surface area (Å²) >= 11 is 1.77. The normalized spacial score (nSPS) is 22.3. The van der Waals surface area contributed by atoms with E-state index >= 15 is 0 Å². The van der Waals surface area contributed by atoms with Crippen LogP contribution >= 0.6 is 11.8 Å². The number of aliphatic hydroxyl groups is 1. The monoisotopic (exact) mass is 291 g/mol. The van der Waals surface area contributed by atoms with Crippen molar-refractivity contribution < 1.29 is 13.5 Å². The van der Waals surface area contributed by atoms with Gasteiger partial charge in [-0.1, -0.05) is 6.92 Å².